The first-order chi connectivity index (χ1) is 5.88. The van der Waals surface area contributed by atoms with Crippen LogP contribution in [-0.2, 0) is 32.7 Å². The molecule has 13 heavy (non-hydrogen) atoms. The fourth-order valence-corrected chi connectivity index (χ4v) is 1.67. The summed E-state index contributed by atoms with van der Waals surface area (Å²) >= 11 is 0. The molecule has 0 fully saturated rings. The molecule has 0 atom stereocenters. The number of benzene rings is 1. The fourth-order valence-electron chi connectivity index (χ4n) is 1.67. The third kappa shape index (κ3) is 2.54. The Morgan fingerprint density at radius 2 is 2.00 bits per heavy atom. The summed E-state index contributed by atoms with van der Waals surface area (Å²) in [5, 5.41) is 0. The van der Waals surface area contributed by atoms with Crippen molar-refractivity contribution in [3.8, 4) is 0 Å². The van der Waals surface area contributed by atoms with E-state index in [9.17, 15) is 0 Å². The van der Waals surface area contributed by atoms with Crippen molar-refractivity contribution in [1.29, 1.82) is 0 Å². The van der Waals surface area contributed by atoms with Gasteiger partial charge in [-0.15, -0.1) is 24.8 Å². The van der Waals surface area contributed by atoms with Gasteiger partial charge in [0.05, 0.1) is 7.28 Å². The number of hydrogen-bond acceptors (Lipinski definition) is 0. The molecule has 0 bridgehead atoms. The second kappa shape index (κ2) is 5.12. The summed E-state index contributed by atoms with van der Waals surface area (Å²) in [4.78, 5) is 0. The van der Waals surface area contributed by atoms with Crippen LogP contribution in [0.4, 0.5) is 0 Å². The van der Waals surface area contributed by atoms with Crippen LogP contribution in [0.15, 0.2) is 18.2 Å². The molecular formula is C11H12BY-2. The molecule has 64 valence electrons. The van der Waals surface area contributed by atoms with E-state index in [4.69, 9.17) is 0 Å². The summed E-state index contributed by atoms with van der Waals surface area (Å²) in [7, 11) is 2.31. The first-order valence-corrected chi connectivity index (χ1v) is 4.45. The topological polar surface area (TPSA) is 0 Å². The van der Waals surface area contributed by atoms with E-state index < -0.39 is 0 Å². The maximum Gasteiger partial charge on any atom is 0.0892 e. The summed E-state index contributed by atoms with van der Waals surface area (Å²) < 4.78 is 0. The van der Waals surface area contributed by atoms with Crippen molar-refractivity contribution in [2.75, 3.05) is 0 Å². The maximum atomic E-state index is 2.31. The van der Waals surface area contributed by atoms with Crippen LogP contribution < -0.4 is 0 Å². The Morgan fingerprint density at radius 1 is 1.23 bits per heavy atom. The summed E-state index contributed by atoms with van der Waals surface area (Å²) in [5.74, 6) is 0. The monoisotopic (exact) mass is 244 g/mol. The first-order valence-electron chi connectivity index (χ1n) is 4.45. The molecule has 0 saturated heterocycles. The Hall–Kier alpha value is 0.129. The summed E-state index contributed by atoms with van der Waals surface area (Å²) in [6.45, 7) is 2.18. The average molecular weight is 244 g/mol. The fraction of sp³-hybridized carbons (Fsp3) is 0.273. The molecule has 1 aromatic rings. The van der Waals surface area contributed by atoms with Gasteiger partial charge in [-0.1, -0.05) is 6.92 Å². The molecule has 0 aliphatic carbocycles. The van der Waals surface area contributed by atoms with Crippen LogP contribution in [0.25, 0.3) is 0 Å². The van der Waals surface area contributed by atoms with Gasteiger partial charge in [0.25, 0.3) is 0 Å². The summed E-state index contributed by atoms with van der Waals surface area (Å²) in [6, 6.07) is 6.50. The van der Waals surface area contributed by atoms with Gasteiger partial charge in [0, 0.05) is 32.7 Å². The van der Waals surface area contributed by atoms with E-state index in [2.05, 4.69) is 45.2 Å². The van der Waals surface area contributed by atoms with Crippen LogP contribution >= 0.6 is 0 Å². The minimum atomic E-state index is 0. The minimum Gasteiger partial charge on any atom is -0.296 e. The van der Waals surface area contributed by atoms with Gasteiger partial charge in [0.15, 0.2) is 0 Å². The second-order valence-corrected chi connectivity index (χ2v) is 3.25. The van der Waals surface area contributed by atoms with Crippen molar-refractivity contribution in [3.63, 3.8) is 0 Å². The number of hydrogen-bond donors (Lipinski definition) is 0. The van der Waals surface area contributed by atoms with Crippen LogP contribution in [0, 0.1) is 19.8 Å². The van der Waals surface area contributed by atoms with Gasteiger partial charge in [-0.05, 0) is 0 Å². The van der Waals surface area contributed by atoms with Crippen molar-refractivity contribution in [2.45, 2.75) is 19.6 Å². The zero-order valence-electron chi connectivity index (χ0n) is 7.96. The van der Waals surface area contributed by atoms with Gasteiger partial charge >= 0.3 is 0 Å². The molecule has 0 amide bonds. The molecule has 0 spiro atoms. The largest absolute Gasteiger partial charge is 0.296 e. The molecule has 0 unspecified atom stereocenters. The molecule has 0 nitrogen and oxygen atoms in total. The number of aryl methyl sites for hydroxylation is 1. The van der Waals surface area contributed by atoms with Crippen LogP contribution in [0.5, 0.6) is 0 Å². The van der Waals surface area contributed by atoms with E-state index >= 15 is 0 Å². The van der Waals surface area contributed by atoms with Gasteiger partial charge in [-0.3, -0.25) is 11.1 Å². The van der Waals surface area contributed by atoms with Gasteiger partial charge in [0.2, 0.25) is 0 Å². The first kappa shape index (κ1) is 11.2. The molecule has 1 aromatic carbocycles. The van der Waals surface area contributed by atoms with Crippen molar-refractivity contribution in [3.05, 3.63) is 47.7 Å². The molecule has 2 rings (SSSR count). The standard InChI is InChI=1S/C11H12B.Y/c1-9-3-2-4-10-5-7-12-8-6-11(9)10;/h2-6H,7-8H2,1H3;/q-2;. The zero-order valence-corrected chi connectivity index (χ0v) is 10.8. The van der Waals surface area contributed by atoms with E-state index in [0.29, 0.717) is 0 Å². The normalized spacial score (nSPS) is 13.6. The molecule has 0 aromatic heterocycles. The van der Waals surface area contributed by atoms with E-state index in [0.717, 1.165) is 12.6 Å². The molecular weight excluding hydrogens is 232 g/mol. The molecule has 0 N–H and O–H groups in total. The molecule has 2 heteroatoms. The molecule has 1 aliphatic rings. The van der Waals surface area contributed by atoms with Gasteiger partial charge < -0.3 is 0 Å². The smallest absolute Gasteiger partial charge is 0.0892 e. The van der Waals surface area contributed by atoms with E-state index in [-0.39, 0.29) is 32.7 Å². The van der Waals surface area contributed by atoms with Gasteiger partial charge in [0.1, 0.15) is 0 Å². The maximum absolute atomic E-state index is 2.31. The van der Waals surface area contributed by atoms with E-state index in [1.165, 1.54) is 16.7 Å². The van der Waals surface area contributed by atoms with Crippen LogP contribution in [0.2, 0.25) is 12.6 Å². The third-order valence-corrected chi connectivity index (χ3v) is 2.35. The quantitative estimate of drug-likeness (QED) is 0.486. The molecule has 0 saturated carbocycles. The third-order valence-electron chi connectivity index (χ3n) is 2.35. The van der Waals surface area contributed by atoms with Crippen molar-refractivity contribution in [1.82, 2.24) is 0 Å². The van der Waals surface area contributed by atoms with Crippen LogP contribution in [-0.4, -0.2) is 7.28 Å². The van der Waals surface area contributed by atoms with E-state index in [1.807, 2.05) is 0 Å². The predicted molar refractivity (Wildman–Crippen MR) is 53.4 cm³/mol. The van der Waals surface area contributed by atoms with Crippen molar-refractivity contribution < 1.29 is 32.7 Å². The Labute approximate surface area is 107 Å². The Morgan fingerprint density at radius 3 is 2.85 bits per heavy atom. The summed E-state index contributed by atoms with van der Waals surface area (Å²) in [6.07, 6.45) is 6.82. The van der Waals surface area contributed by atoms with Gasteiger partial charge in [-0.2, -0.15) is 0 Å². The molecule has 1 heterocycles. The Balaban J connectivity index is 0.000000845. The molecule has 2 radical (unpaired) electrons. The van der Waals surface area contributed by atoms with Crippen LogP contribution in [0.3, 0.4) is 0 Å². The number of rotatable bonds is 0. The van der Waals surface area contributed by atoms with Crippen molar-refractivity contribution in [2.24, 2.45) is 0 Å². The summed E-state index contributed by atoms with van der Waals surface area (Å²) in [5.41, 5.74) is 4.20. The average Bonchev–Trinajstić information content (AvgIpc) is 2.30. The molecule has 1 aliphatic heterocycles. The van der Waals surface area contributed by atoms with Crippen LogP contribution in [0.1, 0.15) is 16.7 Å². The SMILES string of the molecule is Cc1cccc2c1[CH-]C[B]C[CH-]2.[Y]. The second-order valence-electron chi connectivity index (χ2n) is 3.25. The predicted octanol–water partition coefficient (Wildman–Crippen LogP) is 2.65. The Bertz CT molecular complexity index is 283. The zero-order chi connectivity index (χ0) is 8.39. The number of fused-ring (bicyclic) bond motifs is 1. The Kier molecular flexibility index (Phi) is 4.41. The van der Waals surface area contributed by atoms with E-state index in [1.54, 1.807) is 0 Å². The minimum absolute atomic E-state index is 0. The van der Waals surface area contributed by atoms with Gasteiger partial charge in [-0.25, -0.2) is 24.5 Å². The van der Waals surface area contributed by atoms with Crippen molar-refractivity contribution >= 4 is 7.28 Å².